The van der Waals surface area contributed by atoms with Crippen molar-refractivity contribution in [1.82, 2.24) is 5.32 Å². The van der Waals surface area contributed by atoms with E-state index >= 15 is 0 Å². The van der Waals surface area contributed by atoms with Gasteiger partial charge >= 0.3 is 0 Å². The highest BCUT2D eigenvalue weighted by Gasteiger charge is 2.71. The fourth-order valence-electron chi connectivity index (χ4n) is 3.50. The van der Waals surface area contributed by atoms with Gasteiger partial charge in [0.1, 0.15) is 12.2 Å². The lowest BCUT2D eigenvalue weighted by atomic mass is 9.78. The summed E-state index contributed by atoms with van der Waals surface area (Å²) < 4.78 is 22.2. The van der Waals surface area contributed by atoms with Gasteiger partial charge in [0.25, 0.3) is 5.97 Å². The van der Waals surface area contributed by atoms with Crippen molar-refractivity contribution in [1.29, 1.82) is 0 Å². The van der Waals surface area contributed by atoms with Crippen molar-refractivity contribution in [3.05, 3.63) is 0 Å². The third-order valence-electron chi connectivity index (χ3n) is 4.30. The molecule has 0 spiro atoms. The van der Waals surface area contributed by atoms with Crippen molar-refractivity contribution in [3.63, 3.8) is 0 Å². The molecule has 1 unspecified atom stereocenters. The van der Waals surface area contributed by atoms with Gasteiger partial charge in [-0.15, -0.1) is 0 Å². The molecule has 98 valence electrons. The normalized spacial score (nSPS) is 56.8. The largest absolute Gasteiger partial charge is 0.368 e. The monoisotopic (exact) mass is 255 g/mol. The van der Waals surface area contributed by atoms with Gasteiger partial charge in [0.05, 0.1) is 24.0 Å². The van der Waals surface area contributed by atoms with Gasteiger partial charge < -0.3 is 18.9 Å². The maximum absolute atomic E-state index is 11.7. The molecule has 0 saturated carbocycles. The molecule has 0 aromatic heterocycles. The van der Waals surface area contributed by atoms with Crippen LogP contribution in [-0.4, -0.2) is 49.3 Å². The molecule has 2 bridgehead atoms. The first-order chi connectivity index (χ1) is 8.54. The Balaban J connectivity index is 1.69. The van der Waals surface area contributed by atoms with E-state index in [0.717, 1.165) is 0 Å². The number of ether oxygens (including phenoxy) is 4. The topological polar surface area (TPSA) is 83.1 Å². The van der Waals surface area contributed by atoms with E-state index in [2.05, 4.69) is 5.32 Å². The van der Waals surface area contributed by atoms with Crippen LogP contribution in [0.2, 0.25) is 0 Å². The van der Waals surface area contributed by atoms with Crippen LogP contribution >= 0.6 is 0 Å². The standard InChI is InChI=1S/C11H13NO6/c1-11(15-2)17-7-5-3-4(10(14)12-9(3)13)6(16-5)8(7)18-11/h3-8H,1-2H3,(H,12,13,14)/t3-,4+,5-,6-,7-,8-,11?/m1/s1. The Morgan fingerprint density at radius 2 is 1.56 bits per heavy atom. The molecule has 2 amide bonds. The number of fused-ring (bicyclic) bond motifs is 8. The molecule has 0 radical (unpaired) electrons. The van der Waals surface area contributed by atoms with E-state index in [4.69, 9.17) is 18.9 Å². The second kappa shape index (κ2) is 3.11. The maximum atomic E-state index is 11.7. The van der Waals surface area contributed by atoms with Crippen LogP contribution in [0.1, 0.15) is 6.92 Å². The number of amides is 2. The minimum absolute atomic E-state index is 0.273. The molecule has 7 atom stereocenters. The van der Waals surface area contributed by atoms with Gasteiger partial charge in [0.2, 0.25) is 11.8 Å². The molecule has 18 heavy (non-hydrogen) atoms. The van der Waals surface area contributed by atoms with Crippen molar-refractivity contribution in [2.24, 2.45) is 11.8 Å². The Kier molecular flexibility index (Phi) is 1.87. The third kappa shape index (κ3) is 1.08. The molecule has 0 aliphatic carbocycles. The highest BCUT2D eigenvalue weighted by molar-refractivity contribution is 6.06. The van der Waals surface area contributed by atoms with E-state index < -0.39 is 30.0 Å². The summed E-state index contributed by atoms with van der Waals surface area (Å²) in [5, 5.41) is 2.34. The van der Waals surface area contributed by atoms with Crippen LogP contribution in [0.5, 0.6) is 0 Å². The maximum Gasteiger partial charge on any atom is 0.280 e. The predicted octanol–water partition coefficient (Wildman–Crippen LogP) is -1.24. The van der Waals surface area contributed by atoms with Gasteiger partial charge in [-0.1, -0.05) is 0 Å². The SMILES string of the molecule is COC1(C)O[C@H]2[C@H](O1)[C@@H]1O[C@@H]2[C@H]2C(=O)NC(=O)[C@@H]12. The quantitative estimate of drug-likeness (QED) is 0.590. The highest BCUT2D eigenvalue weighted by atomic mass is 16.9. The molecule has 1 N–H and O–H groups in total. The van der Waals surface area contributed by atoms with Crippen molar-refractivity contribution in [3.8, 4) is 0 Å². The summed E-state index contributed by atoms with van der Waals surface area (Å²) in [6, 6.07) is 0. The Hall–Kier alpha value is -1.02. The highest BCUT2D eigenvalue weighted by Crippen LogP contribution is 2.52. The summed E-state index contributed by atoms with van der Waals surface area (Å²) >= 11 is 0. The first-order valence-electron chi connectivity index (χ1n) is 5.95. The second-order valence-electron chi connectivity index (χ2n) is 5.20. The lowest BCUT2D eigenvalue weighted by Gasteiger charge is -2.24. The van der Waals surface area contributed by atoms with Gasteiger partial charge in [-0.3, -0.25) is 14.9 Å². The van der Waals surface area contributed by atoms with E-state index in [1.807, 2.05) is 0 Å². The zero-order valence-corrected chi connectivity index (χ0v) is 9.91. The number of hydrogen-bond donors (Lipinski definition) is 1. The summed E-state index contributed by atoms with van der Waals surface area (Å²) in [5.41, 5.74) is 0. The van der Waals surface area contributed by atoms with Gasteiger partial charge in [0, 0.05) is 14.0 Å². The summed E-state index contributed by atoms with van der Waals surface area (Å²) in [6.07, 6.45) is -1.54. The van der Waals surface area contributed by atoms with E-state index in [-0.39, 0.29) is 24.0 Å². The molecule has 4 fully saturated rings. The zero-order chi connectivity index (χ0) is 12.7. The Morgan fingerprint density at radius 1 is 1.06 bits per heavy atom. The molecule has 4 aliphatic rings. The molecule has 4 heterocycles. The van der Waals surface area contributed by atoms with E-state index in [9.17, 15) is 9.59 Å². The molecule has 7 nitrogen and oxygen atoms in total. The van der Waals surface area contributed by atoms with Crippen LogP contribution < -0.4 is 5.32 Å². The van der Waals surface area contributed by atoms with Gasteiger partial charge in [-0.2, -0.15) is 0 Å². The summed E-state index contributed by atoms with van der Waals surface area (Å²) in [6.45, 7) is 1.67. The first-order valence-corrected chi connectivity index (χ1v) is 5.95. The van der Waals surface area contributed by atoms with Crippen LogP contribution in [0, 0.1) is 11.8 Å². The summed E-state index contributed by atoms with van der Waals surface area (Å²) in [4.78, 5) is 23.5. The van der Waals surface area contributed by atoms with Crippen molar-refractivity contribution < 1.29 is 28.5 Å². The lowest BCUT2D eigenvalue weighted by Crippen LogP contribution is -2.46. The number of methoxy groups -OCH3 is 1. The second-order valence-corrected chi connectivity index (χ2v) is 5.20. The predicted molar refractivity (Wildman–Crippen MR) is 54.0 cm³/mol. The van der Waals surface area contributed by atoms with Crippen LogP contribution in [0.3, 0.4) is 0 Å². The fourth-order valence-corrected chi connectivity index (χ4v) is 3.50. The average molecular weight is 255 g/mol. The molecule has 4 rings (SSSR count). The van der Waals surface area contributed by atoms with E-state index in [1.165, 1.54) is 7.11 Å². The van der Waals surface area contributed by atoms with Crippen molar-refractivity contribution in [2.45, 2.75) is 37.3 Å². The van der Waals surface area contributed by atoms with Crippen LogP contribution in [0.15, 0.2) is 0 Å². The smallest absolute Gasteiger partial charge is 0.280 e. The molecule has 0 aromatic carbocycles. The Labute approximate surface area is 103 Å². The fraction of sp³-hybridized carbons (Fsp3) is 0.818. The number of imide groups is 1. The third-order valence-corrected chi connectivity index (χ3v) is 4.30. The van der Waals surface area contributed by atoms with E-state index in [1.54, 1.807) is 6.92 Å². The summed E-state index contributed by atoms with van der Waals surface area (Å²) in [7, 11) is 1.49. The van der Waals surface area contributed by atoms with Crippen molar-refractivity contribution >= 4 is 11.8 Å². The molecule has 4 aliphatic heterocycles. The average Bonchev–Trinajstić information content (AvgIpc) is 2.99. The van der Waals surface area contributed by atoms with E-state index in [0.29, 0.717) is 0 Å². The number of rotatable bonds is 1. The van der Waals surface area contributed by atoms with Crippen molar-refractivity contribution in [2.75, 3.05) is 7.11 Å². The van der Waals surface area contributed by atoms with Gasteiger partial charge in [-0.25, -0.2) is 0 Å². The molecule has 4 saturated heterocycles. The minimum Gasteiger partial charge on any atom is -0.368 e. The zero-order valence-electron chi connectivity index (χ0n) is 9.91. The minimum atomic E-state index is -1.12. The lowest BCUT2D eigenvalue weighted by molar-refractivity contribution is -0.330. The van der Waals surface area contributed by atoms with Gasteiger partial charge in [0.15, 0.2) is 0 Å². The van der Waals surface area contributed by atoms with Crippen LogP contribution in [0.4, 0.5) is 0 Å². The van der Waals surface area contributed by atoms with Gasteiger partial charge in [-0.05, 0) is 0 Å². The molecular weight excluding hydrogens is 242 g/mol. The summed E-state index contributed by atoms with van der Waals surface area (Å²) in [5.74, 6) is -2.57. The Bertz CT molecular complexity index is 417. The number of carbonyl (C=O) groups excluding carboxylic acids is 2. The van der Waals surface area contributed by atoms with Crippen LogP contribution in [0.25, 0.3) is 0 Å². The Morgan fingerprint density at radius 3 is 2.00 bits per heavy atom. The van der Waals surface area contributed by atoms with Crippen LogP contribution in [-0.2, 0) is 28.5 Å². The molecular formula is C11H13NO6. The number of hydrogen-bond acceptors (Lipinski definition) is 6. The molecule has 0 aromatic rings. The molecule has 7 heteroatoms. The number of nitrogens with one attached hydrogen (secondary N) is 1. The first kappa shape index (κ1) is 10.9. The number of carbonyl (C=O) groups is 2.